The lowest BCUT2D eigenvalue weighted by Gasteiger charge is -2.14. The number of carbonyl (C=O) groups excluding carboxylic acids is 1. The van der Waals surface area contributed by atoms with Gasteiger partial charge >= 0.3 is 0 Å². The summed E-state index contributed by atoms with van der Waals surface area (Å²) in [6, 6.07) is 11.6. The zero-order valence-corrected chi connectivity index (χ0v) is 15.3. The molecule has 0 aliphatic carbocycles. The van der Waals surface area contributed by atoms with Crippen molar-refractivity contribution < 1.29 is 9.53 Å². The fourth-order valence-electron chi connectivity index (χ4n) is 2.60. The molecule has 0 aliphatic heterocycles. The molecule has 0 atom stereocenters. The van der Waals surface area contributed by atoms with Crippen LogP contribution in [0.1, 0.15) is 30.9 Å². The topological polar surface area (TPSA) is 77.2 Å². The van der Waals surface area contributed by atoms with Crippen LogP contribution >= 0.6 is 11.3 Å². The number of thiazole rings is 1. The zero-order valence-electron chi connectivity index (χ0n) is 14.5. The van der Waals surface area contributed by atoms with Gasteiger partial charge in [-0.2, -0.15) is 0 Å². The van der Waals surface area contributed by atoms with E-state index < -0.39 is 0 Å². The minimum absolute atomic E-state index is 0.0357. The molecule has 0 aliphatic rings. The second kappa shape index (κ2) is 7.11. The van der Waals surface area contributed by atoms with E-state index in [1.165, 1.54) is 11.3 Å². The van der Waals surface area contributed by atoms with Crippen molar-refractivity contribution in [3.05, 3.63) is 47.5 Å². The molecule has 1 aromatic heterocycles. The molecule has 6 heteroatoms. The molecule has 0 fully saturated rings. The maximum Gasteiger partial charge on any atom is 0.262 e. The number of aromatic nitrogens is 1. The minimum atomic E-state index is -0.201. The Bertz CT molecular complexity index is 918. The van der Waals surface area contributed by atoms with Gasteiger partial charge in [-0.1, -0.05) is 37.3 Å². The highest BCUT2D eigenvalue weighted by Gasteiger charge is 2.11. The third-order valence-corrected chi connectivity index (χ3v) is 4.69. The summed E-state index contributed by atoms with van der Waals surface area (Å²) in [6.45, 7) is 6.18. The molecule has 1 amide bonds. The lowest BCUT2D eigenvalue weighted by molar-refractivity contribution is -0.118. The molecule has 5 nitrogen and oxygen atoms in total. The number of ether oxygens (including phenoxy) is 1. The fourth-order valence-corrected chi connectivity index (χ4v) is 3.38. The number of anilines is 2. The maximum atomic E-state index is 12.2. The first kappa shape index (κ1) is 17.2. The van der Waals surface area contributed by atoms with Crippen molar-refractivity contribution >= 4 is 38.3 Å². The van der Waals surface area contributed by atoms with E-state index in [9.17, 15) is 4.79 Å². The van der Waals surface area contributed by atoms with Crippen molar-refractivity contribution in [2.24, 2.45) is 0 Å². The molecule has 130 valence electrons. The highest BCUT2D eigenvalue weighted by atomic mass is 32.1. The standard InChI is InChI=1S/C19H21N3O2S/c1-11(2)14-6-4-12(3)8-16(14)24-10-18(23)21-13-5-7-15-17(9-13)25-19(20)22-15/h4-9,11H,10H2,1-3H3,(H2,20,22)(H,21,23). The number of amides is 1. The number of benzene rings is 2. The zero-order chi connectivity index (χ0) is 18.0. The predicted molar refractivity (Wildman–Crippen MR) is 103 cm³/mol. The average Bonchev–Trinajstić information content (AvgIpc) is 2.92. The van der Waals surface area contributed by atoms with Crippen LogP contribution in [0.5, 0.6) is 5.75 Å². The quantitative estimate of drug-likeness (QED) is 0.714. The van der Waals surface area contributed by atoms with Crippen LogP contribution in [-0.2, 0) is 4.79 Å². The van der Waals surface area contributed by atoms with E-state index in [4.69, 9.17) is 10.5 Å². The molecule has 0 bridgehead atoms. The Balaban J connectivity index is 1.67. The number of nitrogens with two attached hydrogens (primary N) is 1. The number of aryl methyl sites for hydroxylation is 1. The summed E-state index contributed by atoms with van der Waals surface area (Å²) in [5, 5.41) is 3.37. The summed E-state index contributed by atoms with van der Waals surface area (Å²) in [7, 11) is 0. The third-order valence-electron chi connectivity index (χ3n) is 3.84. The smallest absolute Gasteiger partial charge is 0.262 e. The number of hydrogen-bond acceptors (Lipinski definition) is 5. The Morgan fingerprint density at radius 1 is 1.28 bits per heavy atom. The normalized spacial score (nSPS) is 11.0. The summed E-state index contributed by atoms with van der Waals surface area (Å²) in [5.41, 5.74) is 9.44. The first-order valence-corrected chi connectivity index (χ1v) is 8.93. The third kappa shape index (κ3) is 4.09. The van der Waals surface area contributed by atoms with Gasteiger partial charge in [0.05, 0.1) is 10.2 Å². The van der Waals surface area contributed by atoms with E-state index in [1.807, 2.05) is 31.2 Å². The number of carbonyl (C=O) groups is 1. The van der Waals surface area contributed by atoms with Crippen LogP contribution in [0, 0.1) is 6.92 Å². The minimum Gasteiger partial charge on any atom is -0.483 e. The van der Waals surface area contributed by atoms with Gasteiger partial charge in [0.1, 0.15) is 5.75 Å². The van der Waals surface area contributed by atoms with Gasteiger partial charge in [-0.05, 0) is 48.2 Å². The summed E-state index contributed by atoms with van der Waals surface area (Å²) < 4.78 is 6.70. The Morgan fingerprint density at radius 3 is 2.84 bits per heavy atom. The first-order valence-electron chi connectivity index (χ1n) is 8.11. The Labute approximate surface area is 150 Å². The van der Waals surface area contributed by atoms with Gasteiger partial charge in [0.15, 0.2) is 11.7 Å². The van der Waals surface area contributed by atoms with Gasteiger partial charge in [0, 0.05) is 5.69 Å². The molecule has 3 N–H and O–H groups in total. The molecule has 0 saturated heterocycles. The highest BCUT2D eigenvalue weighted by Crippen LogP contribution is 2.28. The molecule has 25 heavy (non-hydrogen) atoms. The number of nitrogens with zero attached hydrogens (tertiary/aromatic N) is 1. The lowest BCUT2D eigenvalue weighted by atomic mass is 10.0. The summed E-state index contributed by atoms with van der Waals surface area (Å²) in [4.78, 5) is 16.4. The van der Waals surface area contributed by atoms with E-state index in [1.54, 1.807) is 0 Å². The molecule has 3 aromatic rings. The van der Waals surface area contributed by atoms with Crippen molar-refractivity contribution in [1.82, 2.24) is 4.98 Å². The lowest BCUT2D eigenvalue weighted by Crippen LogP contribution is -2.20. The largest absolute Gasteiger partial charge is 0.483 e. The molecule has 1 heterocycles. The number of nitrogen functional groups attached to an aromatic ring is 1. The van der Waals surface area contributed by atoms with Gasteiger partial charge in [-0.15, -0.1) is 0 Å². The van der Waals surface area contributed by atoms with Crippen molar-refractivity contribution in [3.63, 3.8) is 0 Å². The molecule has 0 saturated carbocycles. The van der Waals surface area contributed by atoms with Gasteiger partial charge in [0.2, 0.25) is 0 Å². The van der Waals surface area contributed by atoms with Crippen molar-refractivity contribution in [3.8, 4) is 5.75 Å². The van der Waals surface area contributed by atoms with Crippen LogP contribution in [0.3, 0.4) is 0 Å². The molecular formula is C19H21N3O2S. The summed E-state index contributed by atoms with van der Waals surface area (Å²) in [5.74, 6) is 0.890. The van der Waals surface area contributed by atoms with E-state index in [0.29, 0.717) is 16.7 Å². The van der Waals surface area contributed by atoms with E-state index in [2.05, 4.69) is 36.3 Å². The van der Waals surface area contributed by atoms with E-state index >= 15 is 0 Å². The molecule has 0 spiro atoms. The number of hydrogen-bond donors (Lipinski definition) is 2. The van der Waals surface area contributed by atoms with Crippen LogP contribution in [0.15, 0.2) is 36.4 Å². The fraction of sp³-hybridized carbons (Fsp3) is 0.263. The molecule has 0 radical (unpaired) electrons. The monoisotopic (exact) mass is 355 g/mol. The second-order valence-corrected chi connectivity index (χ2v) is 7.33. The Hall–Kier alpha value is -2.60. The van der Waals surface area contributed by atoms with Crippen LogP contribution in [0.2, 0.25) is 0 Å². The number of fused-ring (bicyclic) bond motifs is 1. The summed E-state index contributed by atoms with van der Waals surface area (Å²) in [6.07, 6.45) is 0. The second-order valence-electron chi connectivity index (χ2n) is 6.27. The van der Waals surface area contributed by atoms with Gasteiger partial charge in [-0.25, -0.2) is 4.98 Å². The van der Waals surface area contributed by atoms with Crippen LogP contribution in [-0.4, -0.2) is 17.5 Å². The Morgan fingerprint density at radius 2 is 2.08 bits per heavy atom. The van der Waals surface area contributed by atoms with Crippen molar-refractivity contribution in [2.45, 2.75) is 26.7 Å². The van der Waals surface area contributed by atoms with Crippen molar-refractivity contribution in [2.75, 3.05) is 17.7 Å². The van der Waals surface area contributed by atoms with Crippen LogP contribution < -0.4 is 15.8 Å². The predicted octanol–water partition coefficient (Wildman–Crippen LogP) is 4.33. The highest BCUT2D eigenvalue weighted by molar-refractivity contribution is 7.22. The Kier molecular flexibility index (Phi) is 4.90. The van der Waals surface area contributed by atoms with Crippen LogP contribution in [0.25, 0.3) is 10.2 Å². The van der Waals surface area contributed by atoms with E-state index in [0.717, 1.165) is 27.1 Å². The first-order chi connectivity index (χ1) is 11.9. The van der Waals surface area contributed by atoms with Crippen LogP contribution in [0.4, 0.5) is 10.8 Å². The van der Waals surface area contributed by atoms with E-state index in [-0.39, 0.29) is 12.5 Å². The molecular weight excluding hydrogens is 334 g/mol. The molecule has 2 aromatic carbocycles. The number of rotatable bonds is 5. The van der Waals surface area contributed by atoms with Crippen molar-refractivity contribution in [1.29, 1.82) is 0 Å². The number of nitrogens with one attached hydrogen (secondary N) is 1. The maximum absolute atomic E-state index is 12.2. The van der Waals surface area contributed by atoms with Gasteiger partial charge < -0.3 is 15.8 Å². The summed E-state index contributed by atoms with van der Waals surface area (Å²) >= 11 is 1.39. The van der Waals surface area contributed by atoms with Gasteiger partial charge in [-0.3, -0.25) is 4.79 Å². The SMILES string of the molecule is Cc1ccc(C(C)C)c(OCC(=O)Nc2ccc3nc(N)sc3c2)c1. The molecule has 3 rings (SSSR count). The van der Waals surface area contributed by atoms with Gasteiger partial charge in [0.25, 0.3) is 5.91 Å². The average molecular weight is 355 g/mol. The molecule has 0 unspecified atom stereocenters.